The molecule has 4 rings (SSSR count). The Morgan fingerprint density at radius 2 is 1.66 bits per heavy atom. The molecule has 0 aromatic heterocycles. The van der Waals surface area contributed by atoms with E-state index >= 15 is 0 Å². The Hall–Kier alpha value is -1.18. The van der Waals surface area contributed by atoms with Crippen molar-refractivity contribution in [3.05, 3.63) is 0 Å². The number of hydroxylamine groups is 1. The number of carbonyl (C=O) groups excluding carboxylic acids is 2. The van der Waals surface area contributed by atoms with Crippen LogP contribution < -0.4 is 10.8 Å². The highest BCUT2D eigenvalue weighted by molar-refractivity contribution is 5.76. The first-order chi connectivity index (χ1) is 16.6. The molecule has 4 aliphatic carbocycles. The van der Waals surface area contributed by atoms with Crippen LogP contribution in [-0.2, 0) is 9.59 Å². The second-order valence-corrected chi connectivity index (χ2v) is 13.0. The van der Waals surface area contributed by atoms with Crippen LogP contribution in [0.15, 0.2) is 0 Å². The lowest BCUT2D eigenvalue weighted by molar-refractivity contribution is -0.174. The van der Waals surface area contributed by atoms with Crippen molar-refractivity contribution in [3.8, 4) is 0 Å². The summed E-state index contributed by atoms with van der Waals surface area (Å²) in [6, 6.07) is 0. The maximum Gasteiger partial charge on any atom is 0.243 e. The lowest BCUT2D eigenvalue weighted by Crippen LogP contribution is -2.58. The maximum atomic E-state index is 12.4. The lowest BCUT2D eigenvalue weighted by atomic mass is 9.43. The van der Waals surface area contributed by atoms with E-state index in [-0.39, 0.29) is 35.4 Å². The van der Waals surface area contributed by atoms with E-state index in [1.54, 1.807) is 5.48 Å². The summed E-state index contributed by atoms with van der Waals surface area (Å²) in [5.74, 6) is 2.59. The van der Waals surface area contributed by atoms with Crippen molar-refractivity contribution in [2.24, 2.45) is 46.3 Å². The first-order valence-corrected chi connectivity index (χ1v) is 14.2. The maximum absolute atomic E-state index is 12.4. The monoisotopic (exact) mass is 492 g/mol. The minimum Gasteiger partial charge on any atom is -0.393 e. The van der Waals surface area contributed by atoms with Crippen LogP contribution in [0.5, 0.6) is 0 Å². The number of nitrogens with one attached hydrogen (secondary N) is 2. The van der Waals surface area contributed by atoms with Gasteiger partial charge in [-0.15, -0.1) is 0 Å². The fourth-order valence-electron chi connectivity index (χ4n) is 9.36. The summed E-state index contributed by atoms with van der Waals surface area (Å²) in [5, 5.41) is 33.1. The molecule has 4 fully saturated rings. The van der Waals surface area contributed by atoms with Crippen molar-refractivity contribution in [3.63, 3.8) is 0 Å². The quantitative estimate of drug-likeness (QED) is 0.201. The third-order valence-electron chi connectivity index (χ3n) is 11.3. The molecular formula is C28H48N2O5. The van der Waals surface area contributed by atoms with Gasteiger partial charge in [-0.1, -0.05) is 20.8 Å². The molecule has 0 aliphatic heterocycles. The summed E-state index contributed by atoms with van der Waals surface area (Å²) in [7, 11) is 0. The van der Waals surface area contributed by atoms with E-state index in [0.29, 0.717) is 54.9 Å². The number of hydrogen-bond donors (Lipinski definition) is 5. The highest BCUT2D eigenvalue weighted by Crippen LogP contribution is 2.68. The van der Waals surface area contributed by atoms with Gasteiger partial charge >= 0.3 is 0 Å². The predicted molar refractivity (Wildman–Crippen MR) is 133 cm³/mol. The average molecular weight is 493 g/mol. The van der Waals surface area contributed by atoms with E-state index in [0.717, 1.165) is 32.1 Å². The van der Waals surface area contributed by atoms with Crippen LogP contribution in [0.4, 0.5) is 0 Å². The van der Waals surface area contributed by atoms with Crippen molar-refractivity contribution in [2.45, 2.75) is 110 Å². The Kier molecular flexibility index (Phi) is 8.19. The van der Waals surface area contributed by atoms with Gasteiger partial charge in [0.25, 0.3) is 0 Å². The van der Waals surface area contributed by atoms with Gasteiger partial charge in [-0.05, 0) is 111 Å². The van der Waals surface area contributed by atoms with E-state index in [9.17, 15) is 19.8 Å². The van der Waals surface area contributed by atoms with E-state index in [1.807, 2.05) is 0 Å². The van der Waals surface area contributed by atoms with E-state index < -0.39 is 5.91 Å². The van der Waals surface area contributed by atoms with Gasteiger partial charge in [-0.3, -0.25) is 14.8 Å². The number of aliphatic hydroxyl groups excluding tert-OH is 2. The molecule has 0 bridgehead atoms. The lowest BCUT2D eigenvalue weighted by Gasteiger charge is -2.62. The Labute approximate surface area is 210 Å². The molecule has 0 heterocycles. The van der Waals surface area contributed by atoms with Gasteiger partial charge in [0.05, 0.1) is 12.2 Å². The largest absolute Gasteiger partial charge is 0.393 e. The molecule has 0 radical (unpaired) electrons. The van der Waals surface area contributed by atoms with Gasteiger partial charge in [0.1, 0.15) is 0 Å². The Morgan fingerprint density at radius 3 is 2.40 bits per heavy atom. The third-order valence-corrected chi connectivity index (χ3v) is 11.3. The first kappa shape index (κ1) is 26.9. The van der Waals surface area contributed by atoms with Crippen molar-refractivity contribution in [2.75, 3.05) is 6.54 Å². The zero-order chi connectivity index (χ0) is 25.4. The molecule has 2 amide bonds. The summed E-state index contributed by atoms with van der Waals surface area (Å²) < 4.78 is 0. The number of hydrogen-bond acceptors (Lipinski definition) is 5. The molecule has 200 valence electrons. The Morgan fingerprint density at radius 1 is 0.943 bits per heavy atom. The summed E-state index contributed by atoms with van der Waals surface area (Å²) >= 11 is 0. The summed E-state index contributed by atoms with van der Waals surface area (Å²) in [5.41, 5.74) is 2.09. The number of amides is 2. The Balaban J connectivity index is 1.34. The van der Waals surface area contributed by atoms with E-state index in [2.05, 4.69) is 26.1 Å². The van der Waals surface area contributed by atoms with Crippen LogP contribution in [0, 0.1) is 46.3 Å². The zero-order valence-corrected chi connectivity index (χ0v) is 22.0. The summed E-state index contributed by atoms with van der Waals surface area (Å²) in [4.78, 5) is 23.4. The number of fused-ring (bicyclic) bond motifs is 5. The molecule has 0 saturated heterocycles. The van der Waals surface area contributed by atoms with Gasteiger partial charge in [0, 0.05) is 19.4 Å². The van der Waals surface area contributed by atoms with Crippen LogP contribution in [0.1, 0.15) is 97.8 Å². The fraction of sp³-hybridized carbons (Fsp3) is 0.929. The SMILES string of the molecule is CC(CCC(=O)NCCCC(=O)NO)[C@H]1CC[C@H]2[C@@H]3[C@@H](O)C[C@@H]4C[C@H](O)CC[C@]4(C)[C@H]3CC[C@]12C. The molecule has 5 N–H and O–H groups in total. The van der Waals surface area contributed by atoms with Crippen molar-refractivity contribution in [1.29, 1.82) is 0 Å². The Bertz CT molecular complexity index is 776. The number of rotatable bonds is 8. The molecule has 4 aliphatic rings. The third kappa shape index (κ3) is 5.15. The van der Waals surface area contributed by atoms with Gasteiger partial charge in [-0.2, -0.15) is 0 Å². The molecule has 1 unspecified atom stereocenters. The highest BCUT2D eigenvalue weighted by Gasteiger charge is 2.62. The van der Waals surface area contributed by atoms with Gasteiger partial charge in [0.15, 0.2) is 0 Å². The standard InChI is InChI=1S/C28H48N2O5/c1-17(6-9-24(33)29-14-4-5-25(34)30-35)20-7-8-21-26-22(11-13-28(20,21)3)27(2)12-10-19(31)15-18(27)16-23(26)32/h17-23,26,31-32,35H,4-16H2,1-3H3,(H,29,33)(H,30,34)/t17?,18-,19+,20+,21-,22-,23-,26-,27-,28+/m0/s1. The van der Waals surface area contributed by atoms with Crippen LogP contribution in [0.2, 0.25) is 0 Å². The molecule has 0 spiro atoms. The second-order valence-electron chi connectivity index (χ2n) is 13.0. The minimum absolute atomic E-state index is 0.0332. The van der Waals surface area contributed by atoms with Crippen LogP contribution in [0.3, 0.4) is 0 Å². The normalized spacial score (nSPS) is 43.4. The van der Waals surface area contributed by atoms with Crippen molar-refractivity contribution < 1.29 is 25.0 Å². The van der Waals surface area contributed by atoms with Gasteiger partial charge in [0.2, 0.25) is 11.8 Å². The fourth-order valence-corrected chi connectivity index (χ4v) is 9.36. The number of carbonyl (C=O) groups is 2. The van der Waals surface area contributed by atoms with E-state index in [4.69, 9.17) is 5.21 Å². The summed E-state index contributed by atoms with van der Waals surface area (Å²) in [6.45, 7) is 7.68. The van der Waals surface area contributed by atoms with Crippen LogP contribution >= 0.6 is 0 Å². The zero-order valence-electron chi connectivity index (χ0n) is 22.0. The predicted octanol–water partition coefficient (Wildman–Crippen LogP) is 3.80. The molecule has 7 nitrogen and oxygen atoms in total. The molecule has 7 heteroatoms. The van der Waals surface area contributed by atoms with E-state index in [1.165, 1.54) is 25.7 Å². The topological polar surface area (TPSA) is 119 Å². The molecule has 4 saturated carbocycles. The van der Waals surface area contributed by atoms with Gasteiger partial charge in [-0.25, -0.2) is 5.48 Å². The average Bonchev–Trinajstić information content (AvgIpc) is 3.18. The molecular weight excluding hydrogens is 444 g/mol. The van der Waals surface area contributed by atoms with Gasteiger partial charge < -0.3 is 15.5 Å². The second kappa shape index (κ2) is 10.7. The molecule has 35 heavy (non-hydrogen) atoms. The van der Waals surface area contributed by atoms with Crippen LogP contribution in [-0.4, -0.2) is 46.0 Å². The van der Waals surface area contributed by atoms with Crippen molar-refractivity contribution >= 4 is 11.8 Å². The van der Waals surface area contributed by atoms with Crippen LogP contribution in [0.25, 0.3) is 0 Å². The molecule has 0 aromatic carbocycles. The molecule has 10 atom stereocenters. The minimum atomic E-state index is -0.430. The summed E-state index contributed by atoms with van der Waals surface area (Å²) in [6.07, 6.45) is 10.1. The molecule has 0 aromatic rings. The highest BCUT2D eigenvalue weighted by atomic mass is 16.5. The first-order valence-electron chi connectivity index (χ1n) is 14.2. The smallest absolute Gasteiger partial charge is 0.243 e. The number of aliphatic hydroxyl groups is 2. The van der Waals surface area contributed by atoms with Crippen molar-refractivity contribution in [1.82, 2.24) is 10.8 Å².